The van der Waals surface area contributed by atoms with Gasteiger partial charge >= 0.3 is 6.18 Å². The number of rotatable bonds is 3. The van der Waals surface area contributed by atoms with Crippen LogP contribution in [0.1, 0.15) is 16.1 Å². The van der Waals surface area contributed by atoms with E-state index in [2.05, 4.69) is 10.1 Å². The van der Waals surface area contributed by atoms with Crippen LogP contribution in [0, 0.1) is 0 Å². The Morgan fingerprint density at radius 2 is 1.92 bits per heavy atom. The number of anilines is 1. The number of carbonyl (C=O) groups is 1. The summed E-state index contributed by atoms with van der Waals surface area (Å²) in [5.41, 5.74) is -0.609. The van der Waals surface area contributed by atoms with Crippen molar-refractivity contribution in [2.45, 2.75) is 6.18 Å². The molecule has 0 aliphatic heterocycles. The normalized spacial score (nSPS) is 11.4. The molecule has 5 nitrogen and oxygen atoms in total. The van der Waals surface area contributed by atoms with Crippen LogP contribution < -0.4 is 4.90 Å². The van der Waals surface area contributed by atoms with Crippen LogP contribution in [0.4, 0.5) is 18.9 Å². The Morgan fingerprint density at radius 1 is 1.16 bits per heavy atom. The van der Waals surface area contributed by atoms with Gasteiger partial charge in [-0.3, -0.25) is 9.78 Å². The average molecular weight is 347 g/mol. The van der Waals surface area contributed by atoms with Gasteiger partial charge < -0.3 is 9.42 Å². The molecule has 1 aromatic carbocycles. The van der Waals surface area contributed by atoms with Gasteiger partial charge in [0.2, 0.25) is 0 Å². The summed E-state index contributed by atoms with van der Waals surface area (Å²) in [7, 11) is 1.51. The topological polar surface area (TPSA) is 59.2 Å². The van der Waals surface area contributed by atoms with E-state index in [9.17, 15) is 18.0 Å². The molecule has 0 aliphatic rings. The minimum Gasteiger partial charge on any atom is -0.355 e. The first-order chi connectivity index (χ1) is 11.9. The number of aromatic nitrogens is 2. The quantitative estimate of drug-likeness (QED) is 0.718. The average Bonchev–Trinajstić information content (AvgIpc) is 3.10. The Morgan fingerprint density at radius 3 is 2.60 bits per heavy atom. The van der Waals surface area contributed by atoms with Crippen molar-refractivity contribution in [1.29, 1.82) is 0 Å². The highest BCUT2D eigenvalue weighted by Crippen LogP contribution is 2.37. The molecule has 0 bridgehead atoms. The minimum atomic E-state index is -4.54. The van der Waals surface area contributed by atoms with E-state index in [1.807, 2.05) is 0 Å². The van der Waals surface area contributed by atoms with Crippen molar-refractivity contribution in [3.63, 3.8) is 0 Å². The molecule has 1 amide bonds. The highest BCUT2D eigenvalue weighted by atomic mass is 19.4. The summed E-state index contributed by atoms with van der Waals surface area (Å²) < 4.78 is 44.3. The van der Waals surface area contributed by atoms with E-state index in [1.54, 1.807) is 18.3 Å². The second-order valence-corrected chi connectivity index (χ2v) is 5.20. The van der Waals surface area contributed by atoms with Crippen LogP contribution in [0.2, 0.25) is 0 Å². The first kappa shape index (κ1) is 16.7. The van der Waals surface area contributed by atoms with E-state index in [1.165, 1.54) is 42.4 Å². The Hall–Kier alpha value is -3.16. The van der Waals surface area contributed by atoms with Crippen molar-refractivity contribution in [2.24, 2.45) is 0 Å². The third-order valence-corrected chi connectivity index (χ3v) is 3.57. The van der Waals surface area contributed by atoms with Gasteiger partial charge in [0.25, 0.3) is 5.91 Å². The predicted octanol–water partition coefficient (Wildman–Crippen LogP) is 4.03. The van der Waals surface area contributed by atoms with Crippen molar-refractivity contribution < 1.29 is 22.5 Å². The van der Waals surface area contributed by atoms with Crippen molar-refractivity contribution in [3.8, 4) is 11.3 Å². The lowest BCUT2D eigenvalue weighted by atomic mass is 10.0. The Kier molecular flexibility index (Phi) is 4.26. The largest absolute Gasteiger partial charge is 0.417 e. The lowest BCUT2D eigenvalue weighted by molar-refractivity contribution is -0.137. The number of alkyl halides is 3. The second kappa shape index (κ2) is 6.39. The SMILES string of the molecule is CN(C(=O)c1cc(-c2ccccc2C(F)(F)F)on1)c1cccnc1. The molecule has 0 aliphatic carbocycles. The smallest absolute Gasteiger partial charge is 0.355 e. The zero-order chi connectivity index (χ0) is 18.0. The summed E-state index contributed by atoms with van der Waals surface area (Å²) in [6, 6.07) is 9.47. The van der Waals surface area contributed by atoms with Crippen LogP contribution in [-0.4, -0.2) is 23.1 Å². The number of hydrogen-bond donors (Lipinski definition) is 0. The van der Waals surface area contributed by atoms with Gasteiger partial charge in [-0.25, -0.2) is 0 Å². The number of benzene rings is 1. The Bertz CT molecular complexity index is 891. The highest BCUT2D eigenvalue weighted by molar-refractivity contribution is 6.04. The summed E-state index contributed by atoms with van der Waals surface area (Å²) in [5.74, 6) is -0.650. The molecule has 0 atom stereocenters. The Balaban J connectivity index is 1.93. The first-order valence-electron chi connectivity index (χ1n) is 7.19. The van der Waals surface area contributed by atoms with E-state index in [4.69, 9.17) is 4.52 Å². The molecule has 0 saturated heterocycles. The number of nitrogens with zero attached hydrogens (tertiary/aromatic N) is 3. The maximum absolute atomic E-state index is 13.1. The van der Waals surface area contributed by atoms with Crippen molar-refractivity contribution >= 4 is 11.6 Å². The fourth-order valence-corrected chi connectivity index (χ4v) is 2.29. The van der Waals surface area contributed by atoms with Crippen molar-refractivity contribution in [2.75, 3.05) is 11.9 Å². The lowest BCUT2D eigenvalue weighted by Gasteiger charge is -2.14. The van der Waals surface area contributed by atoms with Crippen LogP contribution >= 0.6 is 0 Å². The van der Waals surface area contributed by atoms with Gasteiger partial charge in [0.05, 0.1) is 17.4 Å². The zero-order valence-corrected chi connectivity index (χ0v) is 13.0. The van der Waals surface area contributed by atoms with Crippen molar-refractivity contribution in [3.05, 3.63) is 66.1 Å². The monoisotopic (exact) mass is 347 g/mol. The molecule has 0 fully saturated rings. The molecular formula is C17H12F3N3O2. The summed E-state index contributed by atoms with van der Waals surface area (Å²) in [4.78, 5) is 17.6. The van der Waals surface area contributed by atoms with Gasteiger partial charge in [-0.15, -0.1) is 0 Å². The molecule has 0 saturated carbocycles. The van der Waals surface area contributed by atoms with Crippen LogP contribution in [0.5, 0.6) is 0 Å². The third-order valence-electron chi connectivity index (χ3n) is 3.57. The zero-order valence-electron chi connectivity index (χ0n) is 13.0. The Labute approximate surface area is 140 Å². The fraction of sp³-hybridized carbons (Fsp3) is 0.118. The molecule has 0 N–H and O–H groups in total. The minimum absolute atomic E-state index is 0.0988. The van der Waals surface area contributed by atoms with Crippen LogP contribution in [0.25, 0.3) is 11.3 Å². The summed E-state index contributed by atoms with van der Waals surface area (Å²) in [6.45, 7) is 0. The molecule has 3 rings (SSSR count). The van der Waals surface area contributed by atoms with Gasteiger partial charge in [0.1, 0.15) is 0 Å². The standard InChI is InChI=1S/C17H12F3N3O2/c1-23(11-5-4-8-21-10-11)16(24)14-9-15(25-22-14)12-6-2-3-7-13(12)17(18,19)20/h2-10H,1H3. The highest BCUT2D eigenvalue weighted by Gasteiger charge is 2.34. The summed E-state index contributed by atoms with van der Waals surface area (Å²) in [5, 5.41) is 3.61. The number of halogens is 3. The predicted molar refractivity (Wildman–Crippen MR) is 83.9 cm³/mol. The summed E-state index contributed by atoms with van der Waals surface area (Å²) >= 11 is 0. The molecule has 128 valence electrons. The molecule has 2 aromatic heterocycles. The van der Waals surface area contributed by atoms with Crippen LogP contribution in [0.3, 0.4) is 0 Å². The third kappa shape index (κ3) is 3.37. The van der Waals surface area contributed by atoms with Gasteiger partial charge in [0.15, 0.2) is 11.5 Å². The molecule has 8 heteroatoms. The van der Waals surface area contributed by atoms with E-state index in [0.29, 0.717) is 5.69 Å². The maximum Gasteiger partial charge on any atom is 0.417 e. The van der Waals surface area contributed by atoms with E-state index in [-0.39, 0.29) is 17.0 Å². The molecule has 0 spiro atoms. The number of pyridine rings is 1. The second-order valence-electron chi connectivity index (χ2n) is 5.20. The van der Waals surface area contributed by atoms with Gasteiger partial charge in [-0.05, 0) is 18.2 Å². The van der Waals surface area contributed by atoms with Crippen molar-refractivity contribution in [1.82, 2.24) is 10.1 Å². The summed E-state index contributed by atoms with van der Waals surface area (Å²) in [6.07, 6.45) is -1.50. The molecule has 0 radical (unpaired) electrons. The molecule has 25 heavy (non-hydrogen) atoms. The van der Waals surface area contributed by atoms with Gasteiger partial charge in [-0.2, -0.15) is 13.2 Å². The van der Waals surface area contributed by atoms with Crippen LogP contribution in [-0.2, 0) is 6.18 Å². The molecule has 3 aromatic rings. The molecule has 0 unspecified atom stereocenters. The molecular weight excluding hydrogens is 335 g/mol. The van der Waals surface area contributed by atoms with Gasteiger partial charge in [0, 0.05) is 24.9 Å². The number of carbonyl (C=O) groups excluding carboxylic acids is 1. The first-order valence-corrected chi connectivity index (χ1v) is 7.19. The van der Waals surface area contributed by atoms with E-state index in [0.717, 1.165) is 6.07 Å². The number of amides is 1. The van der Waals surface area contributed by atoms with Crippen LogP contribution in [0.15, 0.2) is 59.4 Å². The number of hydrogen-bond acceptors (Lipinski definition) is 4. The van der Waals surface area contributed by atoms with E-state index < -0.39 is 17.6 Å². The molecule has 2 heterocycles. The lowest BCUT2D eigenvalue weighted by Crippen LogP contribution is -2.26. The van der Waals surface area contributed by atoms with Gasteiger partial charge in [-0.1, -0.05) is 23.4 Å². The fourth-order valence-electron chi connectivity index (χ4n) is 2.29. The maximum atomic E-state index is 13.1. The van der Waals surface area contributed by atoms with E-state index >= 15 is 0 Å².